The molecule has 0 aliphatic rings. The van der Waals surface area contributed by atoms with Gasteiger partial charge in [-0.1, -0.05) is 35.9 Å². The minimum atomic E-state index is -3.32. The summed E-state index contributed by atoms with van der Waals surface area (Å²) < 4.78 is 29.7. The lowest BCUT2D eigenvalue weighted by Gasteiger charge is -2.08. The number of rotatable bonds is 6. The summed E-state index contributed by atoms with van der Waals surface area (Å²) in [5.41, 5.74) is 2.04. The Morgan fingerprint density at radius 3 is 2.45 bits per heavy atom. The maximum Gasteiger partial charge on any atom is 0.157 e. The van der Waals surface area contributed by atoms with E-state index in [2.05, 4.69) is 0 Å². The van der Waals surface area contributed by atoms with Crippen LogP contribution in [0.25, 0.3) is 0 Å². The maximum atomic E-state index is 12.1. The Labute approximate surface area is 130 Å². The first-order valence-corrected chi connectivity index (χ1v) is 8.70. The molecule has 0 fully saturated rings. The van der Waals surface area contributed by atoms with Crippen molar-refractivity contribution in [3.63, 3.8) is 0 Å². The summed E-state index contributed by atoms with van der Waals surface area (Å²) in [6, 6.07) is 16.2. The SMILES string of the molecule is Cc1ccc(OCCS(=O)(=O)Cc2ccccc2C#N)cc1. The Morgan fingerprint density at radius 2 is 1.77 bits per heavy atom. The molecule has 0 amide bonds. The first-order valence-electron chi connectivity index (χ1n) is 6.88. The van der Waals surface area contributed by atoms with E-state index >= 15 is 0 Å². The van der Waals surface area contributed by atoms with Crippen molar-refractivity contribution < 1.29 is 13.2 Å². The molecule has 0 aliphatic heterocycles. The lowest BCUT2D eigenvalue weighted by atomic mass is 10.1. The third-order valence-corrected chi connectivity index (χ3v) is 4.74. The smallest absolute Gasteiger partial charge is 0.157 e. The van der Waals surface area contributed by atoms with Crippen LogP contribution >= 0.6 is 0 Å². The number of sulfone groups is 1. The number of nitriles is 1. The quantitative estimate of drug-likeness (QED) is 0.822. The van der Waals surface area contributed by atoms with Crippen LogP contribution in [0.2, 0.25) is 0 Å². The zero-order chi connectivity index (χ0) is 16.0. The molecule has 0 radical (unpaired) electrons. The van der Waals surface area contributed by atoms with Gasteiger partial charge in [-0.3, -0.25) is 0 Å². The lowest BCUT2D eigenvalue weighted by molar-refractivity contribution is 0.340. The zero-order valence-corrected chi connectivity index (χ0v) is 13.1. The Bertz CT molecular complexity index is 774. The van der Waals surface area contributed by atoms with Gasteiger partial charge < -0.3 is 4.74 Å². The largest absolute Gasteiger partial charge is 0.493 e. The van der Waals surface area contributed by atoms with Gasteiger partial charge in [0.05, 0.1) is 23.1 Å². The molecule has 2 rings (SSSR count). The van der Waals surface area contributed by atoms with Crippen LogP contribution in [0, 0.1) is 18.3 Å². The van der Waals surface area contributed by atoms with Crippen LogP contribution in [-0.2, 0) is 15.6 Å². The molecule has 0 aromatic heterocycles. The predicted octanol–water partition coefficient (Wildman–Crippen LogP) is 2.86. The summed E-state index contributed by atoms with van der Waals surface area (Å²) in [6.07, 6.45) is 0. The molecule has 5 heteroatoms. The molecule has 2 aromatic carbocycles. The summed E-state index contributed by atoms with van der Waals surface area (Å²) in [4.78, 5) is 0. The average molecular weight is 315 g/mol. The molecule has 4 nitrogen and oxygen atoms in total. The molecular formula is C17H17NO3S. The van der Waals surface area contributed by atoms with Crippen molar-refractivity contribution in [2.45, 2.75) is 12.7 Å². The van der Waals surface area contributed by atoms with Gasteiger partial charge in [0, 0.05) is 0 Å². The third kappa shape index (κ3) is 4.61. The first-order chi connectivity index (χ1) is 10.5. The fourth-order valence-electron chi connectivity index (χ4n) is 1.99. The summed E-state index contributed by atoms with van der Waals surface area (Å²) >= 11 is 0. The number of hydrogen-bond acceptors (Lipinski definition) is 4. The molecule has 0 atom stereocenters. The van der Waals surface area contributed by atoms with Gasteiger partial charge in [-0.25, -0.2) is 8.42 Å². The van der Waals surface area contributed by atoms with Crippen LogP contribution < -0.4 is 4.74 Å². The van der Waals surface area contributed by atoms with E-state index in [4.69, 9.17) is 10.00 Å². The van der Waals surface area contributed by atoms with E-state index in [1.165, 1.54) is 0 Å². The predicted molar refractivity (Wildman–Crippen MR) is 85.3 cm³/mol. The molecule has 114 valence electrons. The standard InChI is InChI=1S/C17H17NO3S/c1-14-6-8-17(9-7-14)21-10-11-22(19,20)13-16-5-3-2-4-15(16)12-18/h2-9H,10-11,13H2,1H3. The number of nitrogens with zero attached hydrogens (tertiary/aromatic N) is 1. The third-order valence-electron chi connectivity index (χ3n) is 3.20. The summed E-state index contributed by atoms with van der Waals surface area (Å²) in [7, 11) is -3.32. The highest BCUT2D eigenvalue weighted by atomic mass is 32.2. The normalized spacial score (nSPS) is 10.9. The highest BCUT2D eigenvalue weighted by molar-refractivity contribution is 7.90. The molecule has 0 heterocycles. The Balaban J connectivity index is 1.94. The van der Waals surface area contributed by atoms with Crippen molar-refractivity contribution in [1.82, 2.24) is 0 Å². The van der Waals surface area contributed by atoms with Crippen LogP contribution in [0.15, 0.2) is 48.5 Å². The Hall–Kier alpha value is -2.32. The van der Waals surface area contributed by atoms with E-state index in [9.17, 15) is 8.42 Å². The van der Waals surface area contributed by atoms with Crippen LogP contribution in [0.4, 0.5) is 0 Å². The van der Waals surface area contributed by atoms with Crippen LogP contribution in [-0.4, -0.2) is 20.8 Å². The number of benzene rings is 2. The van der Waals surface area contributed by atoms with Crippen molar-refractivity contribution in [1.29, 1.82) is 5.26 Å². The van der Waals surface area contributed by atoms with E-state index < -0.39 is 9.84 Å². The molecule has 0 saturated heterocycles. The van der Waals surface area contributed by atoms with Crippen LogP contribution in [0.3, 0.4) is 0 Å². The van der Waals surface area contributed by atoms with Gasteiger partial charge in [-0.15, -0.1) is 0 Å². The first kappa shape index (κ1) is 16.1. The highest BCUT2D eigenvalue weighted by Gasteiger charge is 2.14. The zero-order valence-electron chi connectivity index (χ0n) is 12.3. The van der Waals surface area contributed by atoms with Crippen molar-refractivity contribution in [3.8, 4) is 11.8 Å². The van der Waals surface area contributed by atoms with E-state index in [1.54, 1.807) is 24.3 Å². The number of aryl methyl sites for hydroxylation is 1. The van der Waals surface area contributed by atoms with Crippen molar-refractivity contribution in [3.05, 3.63) is 65.2 Å². The molecule has 22 heavy (non-hydrogen) atoms. The molecule has 2 aromatic rings. The topological polar surface area (TPSA) is 67.2 Å². The average Bonchev–Trinajstić information content (AvgIpc) is 2.49. The van der Waals surface area contributed by atoms with Crippen molar-refractivity contribution in [2.24, 2.45) is 0 Å². The molecule has 0 N–H and O–H groups in total. The van der Waals surface area contributed by atoms with Gasteiger partial charge in [0.2, 0.25) is 0 Å². The van der Waals surface area contributed by atoms with Gasteiger partial charge in [0.15, 0.2) is 9.84 Å². The van der Waals surface area contributed by atoms with E-state index in [0.29, 0.717) is 16.9 Å². The Morgan fingerprint density at radius 1 is 1.09 bits per heavy atom. The van der Waals surface area contributed by atoms with Crippen LogP contribution in [0.5, 0.6) is 5.75 Å². The minimum Gasteiger partial charge on any atom is -0.493 e. The van der Waals surface area contributed by atoms with Gasteiger partial charge >= 0.3 is 0 Å². The van der Waals surface area contributed by atoms with Gasteiger partial charge in [0.25, 0.3) is 0 Å². The second-order valence-electron chi connectivity index (χ2n) is 5.02. The lowest BCUT2D eigenvalue weighted by Crippen LogP contribution is -2.16. The number of hydrogen-bond donors (Lipinski definition) is 0. The second-order valence-corrected chi connectivity index (χ2v) is 7.21. The fourth-order valence-corrected chi connectivity index (χ4v) is 3.19. The van der Waals surface area contributed by atoms with Crippen molar-refractivity contribution in [2.75, 3.05) is 12.4 Å². The van der Waals surface area contributed by atoms with E-state index in [-0.39, 0.29) is 18.1 Å². The summed E-state index contributed by atoms with van der Waals surface area (Å²) in [6.45, 7) is 2.07. The van der Waals surface area contributed by atoms with Gasteiger partial charge in [0.1, 0.15) is 12.4 Å². The summed E-state index contributed by atoms with van der Waals surface area (Å²) in [5.74, 6) is 0.424. The highest BCUT2D eigenvalue weighted by Crippen LogP contribution is 2.14. The monoisotopic (exact) mass is 315 g/mol. The fraction of sp³-hybridized carbons (Fsp3) is 0.235. The van der Waals surface area contributed by atoms with E-state index in [0.717, 1.165) is 5.56 Å². The molecular weight excluding hydrogens is 298 g/mol. The maximum absolute atomic E-state index is 12.1. The minimum absolute atomic E-state index is 0.0827. The molecule has 0 spiro atoms. The van der Waals surface area contributed by atoms with Gasteiger partial charge in [-0.05, 0) is 30.7 Å². The summed E-state index contributed by atoms with van der Waals surface area (Å²) in [5, 5.41) is 8.99. The van der Waals surface area contributed by atoms with Gasteiger partial charge in [-0.2, -0.15) is 5.26 Å². The van der Waals surface area contributed by atoms with Crippen molar-refractivity contribution >= 4 is 9.84 Å². The molecule has 0 bridgehead atoms. The molecule has 0 unspecified atom stereocenters. The molecule has 0 saturated carbocycles. The number of ether oxygens (including phenoxy) is 1. The molecule has 0 aliphatic carbocycles. The Kier molecular flexibility index (Phi) is 5.18. The van der Waals surface area contributed by atoms with Crippen LogP contribution in [0.1, 0.15) is 16.7 Å². The second kappa shape index (κ2) is 7.10. The van der Waals surface area contributed by atoms with E-state index in [1.807, 2.05) is 37.3 Å².